The van der Waals surface area contributed by atoms with Crippen LogP contribution in [0.5, 0.6) is 0 Å². The Morgan fingerprint density at radius 1 is 1.24 bits per heavy atom. The first kappa shape index (κ1) is 20.9. The van der Waals surface area contributed by atoms with Crippen LogP contribution in [0.15, 0.2) is 43.0 Å². The van der Waals surface area contributed by atoms with Gasteiger partial charge >= 0.3 is 0 Å². The minimum Gasteiger partial charge on any atom is -0.354 e. The van der Waals surface area contributed by atoms with E-state index < -0.39 is 0 Å². The van der Waals surface area contributed by atoms with Gasteiger partial charge in [0.25, 0.3) is 0 Å². The highest BCUT2D eigenvalue weighted by molar-refractivity contribution is 7.15. The smallest absolute Gasteiger partial charge is 0.234 e. The van der Waals surface area contributed by atoms with E-state index in [1.807, 2.05) is 30.5 Å². The Hall–Kier alpha value is -2.78. The lowest BCUT2D eigenvalue weighted by Gasteiger charge is -2.17. The number of benzene rings is 1. The average Bonchev–Trinajstić information content (AvgIpc) is 3.36. The molecule has 9 heteroatoms. The van der Waals surface area contributed by atoms with Crippen molar-refractivity contribution >= 4 is 22.4 Å². The van der Waals surface area contributed by atoms with Crippen molar-refractivity contribution in [2.75, 3.05) is 25.5 Å². The minimum atomic E-state index is -0.254. The van der Waals surface area contributed by atoms with Gasteiger partial charge in [0.05, 0.1) is 31.2 Å². The van der Waals surface area contributed by atoms with Crippen LogP contribution in [0.25, 0.3) is 0 Å². The fourth-order valence-corrected chi connectivity index (χ4v) is 3.63. The van der Waals surface area contributed by atoms with Crippen molar-refractivity contribution < 1.29 is 9.18 Å². The number of hydrogen-bond acceptors (Lipinski definition) is 6. The van der Waals surface area contributed by atoms with Crippen molar-refractivity contribution in [1.29, 1.82) is 0 Å². The van der Waals surface area contributed by atoms with Crippen LogP contribution in [0.1, 0.15) is 29.1 Å². The van der Waals surface area contributed by atoms with E-state index in [0.717, 1.165) is 21.3 Å². The standard InChI is InChI=1S/C20H25FN6OS/c1-14(15-4-6-16(21)7-5-15)27-13-23-9-17(27)8-22-12-19(28)24-10-18-11-25-20(29-18)26(2)3/h4-7,9,11,13-14,22H,8,10,12H2,1-3H3,(H,24,28). The second-order valence-electron chi connectivity index (χ2n) is 6.90. The molecule has 29 heavy (non-hydrogen) atoms. The summed E-state index contributed by atoms with van der Waals surface area (Å²) < 4.78 is 15.2. The summed E-state index contributed by atoms with van der Waals surface area (Å²) in [6.45, 7) is 3.20. The Labute approximate surface area is 173 Å². The number of hydrogen-bond donors (Lipinski definition) is 2. The molecule has 2 heterocycles. The third-order valence-corrected chi connectivity index (χ3v) is 5.66. The van der Waals surface area contributed by atoms with Crippen molar-refractivity contribution in [3.63, 3.8) is 0 Å². The molecule has 0 fully saturated rings. The molecule has 0 radical (unpaired) electrons. The van der Waals surface area contributed by atoms with Crippen LogP contribution in [-0.2, 0) is 17.9 Å². The van der Waals surface area contributed by atoms with E-state index in [4.69, 9.17) is 0 Å². The highest BCUT2D eigenvalue weighted by atomic mass is 32.1. The molecular formula is C20H25FN6OS. The van der Waals surface area contributed by atoms with Crippen molar-refractivity contribution in [2.24, 2.45) is 0 Å². The summed E-state index contributed by atoms with van der Waals surface area (Å²) >= 11 is 1.55. The van der Waals surface area contributed by atoms with Crippen LogP contribution < -0.4 is 15.5 Å². The van der Waals surface area contributed by atoms with Crippen molar-refractivity contribution in [3.05, 3.63) is 64.9 Å². The number of imidazole rings is 1. The van der Waals surface area contributed by atoms with E-state index in [-0.39, 0.29) is 24.3 Å². The summed E-state index contributed by atoms with van der Waals surface area (Å²) in [5, 5.41) is 6.96. The van der Waals surface area contributed by atoms with Gasteiger partial charge in [-0.05, 0) is 24.6 Å². The number of amides is 1. The lowest BCUT2D eigenvalue weighted by molar-refractivity contribution is -0.120. The Balaban J connectivity index is 1.47. The summed E-state index contributed by atoms with van der Waals surface area (Å²) in [4.78, 5) is 23.6. The molecule has 154 valence electrons. The average molecular weight is 417 g/mol. The zero-order valence-corrected chi connectivity index (χ0v) is 17.5. The third-order valence-electron chi connectivity index (χ3n) is 4.49. The summed E-state index contributed by atoms with van der Waals surface area (Å²) in [7, 11) is 3.87. The number of halogens is 1. The van der Waals surface area contributed by atoms with E-state index in [9.17, 15) is 9.18 Å². The number of rotatable bonds is 9. The Bertz CT molecular complexity index is 937. The third kappa shape index (κ3) is 5.61. The van der Waals surface area contributed by atoms with Gasteiger partial charge in [0.2, 0.25) is 5.91 Å². The SMILES string of the molecule is CC(c1ccc(F)cc1)n1cncc1CNCC(=O)NCc1cnc(N(C)C)s1. The molecular weight excluding hydrogens is 391 g/mol. The van der Waals surface area contributed by atoms with Crippen LogP contribution in [0.4, 0.5) is 9.52 Å². The van der Waals surface area contributed by atoms with Crippen LogP contribution in [0.2, 0.25) is 0 Å². The maximum absolute atomic E-state index is 13.1. The lowest BCUT2D eigenvalue weighted by atomic mass is 10.1. The number of nitrogens with one attached hydrogen (secondary N) is 2. The molecule has 0 spiro atoms. The first-order chi connectivity index (χ1) is 13.9. The second-order valence-corrected chi connectivity index (χ2v) is 8.00. The number of carbonyl (C=O) groups is 1. The highest BCUT2D eigenvalue weighted by Crippen LogP contribution is 2.21. The van der Waals surface area contributed by atoms with Gasteiger partial charge in [-0.2, -0.15) is 0 Å². The van der Waals surface area contributed by atoms with Crippen molar-refractivity contribution in [3.8, 4) is 0 Å². The minimum absolute atomic E-state index is 0.0148. The Kier molecular flexibility index (Phi) is 6.95. The van der Waals surface area contributed by atoms with Gasteiger partial charge in [0.15, 0.2) is 5.13 Å². The zero-order chi connectivity index (χ0) is 20.8. The molecule has 0 bridgehead atoms. The normalized spacial score (nSPS) is 12.0. The molecule has 2 aromatic heterocycles. The molecule has 2 N–H and O–H groups in total. The van der Waals surface area contributed by atoms with Gasteiger partial charge < -0.3 is 20.1 Å². The largest absolute Gasteiger partial charge is 0.354 e. The van der Waals surface area contributed by atoms with Crippen molar-refractivity contribution in [1.82, 2.24) is 25.2 Å². The van der Waals surface area contributed by atoms with Gasteiger partial charge in [0.1, 0.15) is 5.82 Å². The highest BCUT2D eigenvalue weighted by Gasteiger charge is 2.12. The number of anilines is 1. The van der Waals surface area contributed by atoms with E-state index in [0.29, 0.717) is 13.1 Å². The second kappa shape index (κ2) is 9.62. The fraction of sp³-hybridized carbons (Fsp3) is 0.350. The molecule has 0 saturated carbocycles. The maximum Gasteiger partial charge on any atom is 0.234 e. The summed E-state index contributed by atoms with van der Waals surface area (Å²) in [6.07, 6.45) is 5.30. The van der Waals surface area contributed by atoms with E-state index in [1.54, 1.807) is 42.2 Å². The first-order valence-electron chi connectivity index (χ1n) is 9.29. The maximum atomic E-state index is 13.1. The van der Waals surface area contributed by atoms with Gasteiger partial charge in [-0.1, -0.05) is 12.1 Å². The number of nitrogens with zero attached hydrogens (tertiary/aromatic N) is 4. The van der Waals surface area contributed by atoms with Crippen LogP contribution >= 0.6 is 11.3 Å². The molecule has 1 aromatic carbocycles. The molecule has 0 saturated heterocycles. The van der Waals surface area contributed by atoms with Gasteiger partial charge in [-0.25, -0.2) is 14.4 Å². The molecule has 0 aliphatic heterocycles. The Morgan fingerprint density at radius 3 is 2.69 bits per heavy atom. The van der Waals surface area contributed by atoms with Gasteiger partial charge in [-0.3, -0.25) is 4.79 Å². The number of aromatic nitrogens is 3. The van der Waals surface area contributed by atoms with Gasteiger partial charge in [-0.15, -0.1) is 11.3 Å². The molecule has 0 aliphatic carbocycles. The van der Waals surface area contributed by atoms with Crippen LogP contribution in [-0.4, -0.2) is 41.1 Å². The summed E-state index contributed by atoms with van der Waals surface area (Å²) in [5.74, 6) is -0.335. The van der Waals surface area contributed by atoms with Gasteiger partial charge in [0, 0.05) is 37.9 Å². The molecule has 0 aliphatic rings. The topological polar surface area (TPSA) is 75.1 Å². The van der Waals surface area contributed by atoms with E-state index in [1.165, 1.54) is 12.1 Å². The quantitative estimate of drug-likeness (QED) is 0.561. The zero-order valence-electron chi connectivity index (χ0n) is 16.7. The predicted molar refractivity (Wildman–Crippen MR) is 112 cm³/mol. The first-order valence-corrected chi connectivity index (χ1v) is 10.1. The molecule has 3 rings (SSSR count). The summed E-state index contributed by atoms with van der Waals surface area (Å²) in [6, 6.07) is 6.46. The number of thiazole rings is 1. The molecule has 3 aromatic rings. The molecule has 1 amide bonds. The van der Waals surface area contributed by atoms with E-state index >= 15 is 0 Å². The lowest BCUT2D eigenvalue weighted by Crippen LogP contribution is -2.33. The molecule has 1 atom stereocenters. The number of carbonyl (C=O) groups excluding carboxylic acids is 1. The van der Waals surface area contributed by atoms with Crippen LogP contribution in [0.3, 0.4) is 0 Å². The predicted octanol–water partition coefficient (Wildman–Crippen LogP) is 2.56. The van der Waals surface area contributed by atoms with Crippen LogP contribution in [0, 0.1) is 5.82 Å². The monoisotopic (exact) mass is 416 g/mol. The van der Waals surface area contributed by atoms with E-state index in [2.05, 4.69) is 20.6 Å². The Morgan fingerprint density at radius 2 is 2.00 bits per heavy atom. The molecule has 1 unspecified atom stereocenters. The van der Waals surface area contributed by atoms with Crippen molar-refractivity contribution in [2.45, 2.75) is 26.1 Å². The summed E-state index contributed by atoms with van der Waals surface area (Å²) in [5.41, 5.74) is 1.94. The molecule has 7 nitrogen and oxygen atoms in total. The fourth-order valence-electron chi connectivity index (χ4n) is 2.86.